The molecule has 0 aliphatic carbocycles. The van der Waals surface area contributed by atoms with Gasteiger partial charge in [-0.05, 0) is 22.8 Å². The normalized spacial score (nSPS) is 23.7. The van der Waals surface area contributed by atoms with Crippen molar-refractivity contribution in [2.24, 2.45) is 5.73 Å². The fourth-order valence-corrected chi connectivity index (χ4v) is 5.17. The average molecular weight is 470 g/mol. The first-order valence-electron chi connectivity index (χ1n) is 11.8. The van der Waals surface area contributed by atoms with Crippen molar-refractivity contribution in [2.45, 2.75) is 30.4 Å². The number of rotatable bonds is 4. The van der Waals surface area contributed by atoms with Crippen LogP contribution in [0.5, 0.6) is 0 Å². The van der Waals surface area contributed by atoms with E-state index in [2.05, 4.69) is 5.32 Å². The molecule has 0 bridgehead atoms. The van der Waals surface area contributed by atoms with Crippen molar-refractivity contribution in [1.82, 2.24) is 10.2 Å². The third-order valence-electron chi connectivity index (χ3n) is 6.93. The zero-order valence-electron chi connectivity index (χ0n) is 19.2. The van der Waals surface area contributed by atoms with Gasteiger partial charge in [-0.15, -0.1) is 0 Å². The lowest BCUT2D eigenvalue weighted by Gasteiger charge is -2.39. The maximum Gasteiger partial charge on any atom is 0.316 e. The average Bonchev–Trinajstić information content (AvgIpc) is 2.89. The maximum atomic E-state index is 13.8. The van der Waals surface area contributed by atoms with Crippen molar-refractivity contribution < 1.29 is 19.1 Å². The minimum atomic E-state index is -0.697. The summed E-state index contributed by atoms with van der Waals surface area (Å²) in [4.78, 5) is 40.1. The fraction of sp³-hybridized carbons (Fsp3) is 0.250. The van der Waals surface area contributed by atoms with Crippen molar-refractivity contribution >= 4 is 17.9 Å². The first-order chi connectivity index (χ1) is 17.0. The van der Waals surface area contributed by atoms with Gasteiger partial charge < -0.3 is 20.7 Å². The summed E-state index contributed by atoms with van der Waals surface area (Å²) in [6.45, 7) is 0.786. The predicted molar refractivity (Wildman–Crippen MR) is 131 cm³/mol. The van der Waals surface area contributed by atoms with E-state index in [0.717, 1.165) is 11.1 Å². The van der Waals surface area contributed by atoms with E-state index in [0.29, 0.717) is 30.6 Å². The lowest BCUT2D eigenvalue weighted by atomic mass is 9.81. The molecule has 1 saturated heterocycles. The van der Waals surface area contributed by atoms with Crippen LogP contribution in [0.1, 0.15) is 51.3 Å². The highest BCUT2D eigenvalue weighted by molar-refractivity contribution is 6.00. The number of nitrogens with two attached hydrogens (primary N) is 1. The van der Waals surface area contributed by atoms with Crippen molar-refractivity contribution in [3.63, 3.8) is 0 Å². The number of fused-ring (bicyclic) bond motifs is 1. The lowest BCUT2D eigenvalue weighted by molar-refractivity contribution is -0.155. The second-order valence-electron chi connectivity index (χ2n) is 8.99. The molecule has 2 heterocycles. The summed E-state index contributed by atoms with van der Waals surface area (Å²) in [5.74, 6) is -1.51. The van der Waals surface area contributed by atoms with Crippen LogP contribution >= 0.6 is 0 Å². The van der Waals surface area contributed by atoms with Gasteiger partial charge in [0.1, 0.15) is 12.0 Å². The van der Waals surface area contributed by atoms with Crippen LogP contribution in [0, 0.1) is 0 Å². The SMILES string of the molecule is NC(=O)N1CCC(OC(=O)C2c3ccccc3C(=O)NC2c2ccccc2)C(c2ccccc2)C1. The number of hydrogen-bond acceptors (Lipinski definition) is 4. The smallest absolute Gasteiger partial charge is 0.316 e. The number of benzene rings is 3. The van der Waals surface area contributed by atoms with Crippen LogP contribution in [0.4, 0.5) is 4.79 Å². The summed E-state index contributed by atoms with van der Waals surface area (Å²) in [6.07, 6.45) is 0.0482. The van der Waals surface area contributed by atoms with Crippen LogP contribution in [-0.2, 0) is 9.53 Å². The van der Waals surface area contributed by atoms with Crippen LogP contribution < -0.4 is 11.1 Å². The Morgan fingerprint density at radius 3 is 2.20 bits per heavy atom. The Morgan fingerprint density at radius 2 is 1.51 bits per heavy atom. The molecule has 178 valence electrons. The largest absolute Gasteiger partial charge is 0.461 e. The molecule has 7 nitrogen and oxygen atoms in total. The highest BCUT2D eigenvalue weighted by atomic mass is 16.5. The van der Waals surface area contributed by atoms with Gasteiger partial charge in [0, 0.05) is 31.0 Å². The minimum Gasteiger partial charge on any atom is -0.461 e. The van der Waals surface area contributed by atoms with Gasteiger partial charge in [-0.2, -0.15) is 0 Å². The van der Waals surface area contributed by atoms with Crippen molar-refractivity contribution in [2.75, 3.05) is 13.1 Å². The number of piperidine rings is 1. The minimum absolute atomic E-state index is 0.204. The molecule has 5 rings (SSSR count). The van der Waals surface area contributed by atoms with Crippen LogP contribution in [0.3, 0.4) is 0 Å². The number of nitrogens with one attached hydrogen (secondary N) is 1. The van der Waals surface area contributed by atoms with Crippen molar-refractivity contribution in [3.05, 3.63) is 107 Å². The third kappa shape index (κ3) is 4.49. The molecule has 0 spiro atoms. The number of ether oxygens (including phenoxy) is 1. The van der Waals surface area contributed by atoms with E-state index in [1.54, 1.807) is 17.0 Å². The predicted octanol–water partition coefficient (Wildman–Crippen LogP) is 3.73. The van der Waals surface area contributed by atoms with Crippen LogP contribution in [0.2, 0.25) is 0 Å². The van der Waals surface area contributed by atoms with Gasteiger partial charge in [0.25, 0.3) is 5.91 Å². The van der Waals surface area contributed by atoms with E-state index in [1.165, 1.54) is 0 Å². The molecular formula is C28H27N3O4. The van der Waals surface area contributed by atoms with E-state index in [-0.39, 0.29) is 11.8 Å². The Kier molecular flexibility index (Phi) is 6.23. The summed E-state index contributed by atoms with van der Waals surface area (Å²) in [7, 11) is 0. The molecule has 2 aliphatic rings. The van der Waals surface area contributed by atoms with E-state index >= 15 is 0 Å². The van der Waals surface area contributed by atoms with Gasteiger partial charge in [0.15, 0.2) is 0 Å². The van der Waals surface area contributed by atoms with Crippen LogP contribution in [-0.4, -0.2) is 42.0 Å². The number of hydrogen-bond donors (Lipinski definition) is 2. The zero-order chi connectivity index (χ0) is 24.4. The van der Waals surface area contributed by atoms with E-state index in [1.807, 2.05) is 72.8 Å². The lowest BCUT2D eigenvalue weighted by Crippen LogP contribution is -2.49. The molecule has 1 fully saturated rings. The second kappa shape index (κ2) is 9.62. The van der Waals surface area contributed by atoms with Gasteiger partial charge in [-0.25, -0.2) is 4.79 Å². The molecule has 2 aliphatic heterocycles. The van der Waals surface area contributed by atoms with Crippen molar-refractivity contribution in [3.8, 4) is 0 Å². The van der Waals surface area contributed by atoms with Gasteiger partial charge in [-0.3, -0.25) is 9.59 Å². The van der Waals surface area contributed by atoms with Gasteiger partial charge in [0.2, 0.25) is 0 Å². The Balaban J connectivity index is 1.48. The van der Waals surface area contributed by atoms with E-state index < -0.39 is 30.1 Å². The van der Waals surface area contributed by atoms with Crippen molar-refractivity contribution in [1.29, 1.82) is 0 Å². The number of esters is 1. The van der Waals surface area contributed by atoms with Gasteiger partial charge in [0.05, 0.1) is 6.04 Å². The summed E-state index contributed by atoms with van der Waals surface area (Å²) in [5, 5.41) is 3.01. The fourth-order valence-electron chi connectivity index (χ4n) is 5.17. The molecule has 0 aromatic heterocycles. The van der Waals surface area contributed by atoms with E-state index in [4.69, 9.17) is 10.5 Å². The first-order valence-corrected chi connectivity index (χ1v) is 11.8. The molecule has 3 aromatic rings. The van der Waals surface area contributed by atoms with Crippen LogP contribution in [0.15, 0.2) is 84.9 Å². The molecule has 0 radical (unpaired) electrons. The molecule has 0 saturated carbocycles. The monoisotopic (exact) mass is 469 g/mol. The first kappa shape index (κ1) is 22.7. The number of urea groups is 1. The molecule has 7 heteroatoms. The Bertz CT molecular complexity index is 1230. The third-order valence-corrected chi connectivity index (χ3v) is 6.93. The topological polar surface area (TPSA) is 102 Å². The molecule has 3 N–H and O–H groups in total. The molecule has 4 unspecified atom stereocenters. The molecule has 35 heavy (non-hydrogen) atoms. The maximum absolute atomic E-state index is 13.8. The molecule has 3 amide bonds. The Labute approximate surface area is 203 Å². The number of primary amides is 1. The Morgan fingerprint density at radius 1 is 0.886 bits per heavy atom. The number of nitrogens with zero attached hydrogens (tertiary/aromatic N) is 1. The summed E-state index contributed by atoms with van der Waals surface area (Å²) in [6, 6.07) is 25.3. The van der Waals surface area contributed by atoms with Gasteiger partial charge in [-0.1, -0.05) is 78.9 Å². The molecular weight excluding hydrogens is 442 g/mol. The van der Waals surface area contributed by atoms with Crippen LogP contribution in [0.25, 0.3) is 0 Å². The summed E-state index contributed by atoms with van der Waals surface area (Å²) < 4.78 is 6.20. The quantitative estimate of drug-likeness (QED) is 0.569. The molecule has 4 atom stereocenters. The van der Waals surface area contributed by atoms with E-state index in [9.17, 15) is 14.4 Å². The number of carbonyl (C=O) groups excluding carboxylic acids is 3. The zero-order valence-corrected chi connectivity index (χ0v) is 19.2. The number of carbonyl (C=O) groups is 3. The number of likely N-dealkylation sites (tertiary alicyclic amines) is 1. The number of amides is 3. The molecule has 3 aromatic carbocycles. The van der Waals surface area contributed by atoms with Gasteiger partial charge >= 0.3 is 12.0 Å². The Hall–Kier alpha value is -4.13. The summed E-state index contributed by atoms with van der Waals surface area (Å²) >= 11 is 0. The highest BCUT2D eigenvalue weighted by Crippen LogP contribution is 2.39. The second-order valence-corrected chi connectivity index (χ2v) is 8.99. The standard InChI is InChI=1S/C28H27N3O4/c29-28(34)31-16-15-23(22(17-31)18-9-3-1-4-10-18)35-27(33)24-20-13-7-8-14-21(20)26(32)30-25(24)19-11-5-2-6-12-19/h1-14,22-25H,15-17H2,(H2,29,34)(H,30,32). The summed E-state index contributed by atoms with van der Waals surface area (Å²) in [5.41, 5.74) is 8.50. The highest BCUT2D eigenvalue weighted by Gasteiger charge is 2.42.